The summed E-state index contributed by atoms with van der Waals surface area (Å²) in [5, 5.41) is 15.8. The Labute approximate surface area is 227 Å². The molecule has 0 radical (unpaired) electrons. The van der Waals surface area contributed by atoms with Crippen molar-refractivity contribution < 1.29 is 13.3 Å². The zero-order valence-electron chi connectivity index (χ0n) is 23.9. The van der Waals surface area contributed by atoms with E-state index in [1.807, 2.05) is 72.7 Å². The lowest BCUT2D eigenvalue weighted by atomic mass is 9.87. The van der Waals surface area contributed by atoms with Gasteiger partial charge in [0.2, 0.25) is 10.0 Å². The Morgan fingerprint density at radius 2 is 1.58 bits per heavy atom. The van der Waals surface area contributed by atoms with Gasteiger partial charge in [0.25, 0.3) is 5.69 Å². The van der Waals surface area contributed by atoms with Crippen LogP contribution < -0.4 is 14.9 Å². The highest BCUT2D eigenvalue weighted by molar-refractivity contribution is 7.89. The highest BCUT2D eigenvalue weighted by Crippen LogP contribution is 2.43. The third-order valence-electron chi connectivity index (χ3n) is 7.28. The molecule has 1 aliphatic rings. The molecule has 1 aromatic carbocycles. The van der Waals surface area contributed by atoms with Gasteiger partial charge in [-0.2, -0.15) is 0 Å². The monoisotopic (exact) mass is 545 g/mol. The van der Waals surface area contributed by atoms with Crippen molar-refractivity contribution in [1.82, 2.24) is 9.71 Å². The first kappa shape index (κ1) is 29.8. The molecule has 1 saturated carbocycles. The van der Waals surface area contributed by atoms with Crippen molar-refractivity contribution >= 4 is 27.2 Å². The summed E-state index contributed by atoms with van der Waals surface area (Å²) in [6.45, 7) is 11.3. The average Bonchev–Trinajstić information content (AvgIpc) is 2.83. The van der Waals surface area contributed by atoms with Crippen molar-refractivity contribution in [2.24, 2.45) is 0 Å². The summed E-state index contributed by atoms with van der Waals surface area (Å²) in [5.41, 5.74) is 2.40. The SMILES string of the molecule is CC(C)c1cc(C(C)C)c(S(=O)(=O)NC2CCCCC2Nc2cc(N(C)C)ccn2)c(C(C)C)c1[N+](=O)[O-]. The normalized spacial score (nSPS) is 18.3. The molecule has 3 rings (SSSR count). The summed E-state index contributed by atoms with van der Waals surface area (Å²) in [6.07, 6.45) is 5.08. The average molecular weight is 546 g/mol. The summed E-state index contributed by atoms with van der Waals surface area (Å²) < 4.78 is 31.3. The van der Waals surface area contributed by atoms with Crippen molar-refractivity contribution in [2.75, 3.05) is 24.3 Å². The molecule has 0 amide bonds. The molecular weight excluding hydrogens is 502 g/mol. The first-order valence-corrected chi connectivity index (χ1v) is 15.0. The smallest absolute Gasteiger partial charge is 0.277 e. The van der Waals surface area contributed by atoms with Crippen molar-refractivity contribution in [2.45, 2.75) is 102 Å². The molecule has 0 bridgehead atoms. The van der Waals surface area contributed by atoms with Crippen LogP contribution in [0.1, 0.15) is 102 Å². The Morgan fingerprint density at radius 1 is 0.974 bits per heavy atom. The van der Waals surface area contributed by atoms with Crippen LogP contribution in [0.15, 0.2) is 29.3 Å². The van der Waals surface area contributed by atoms with Crippen molar-refractivity contribution in [3.05, 3.63) is 51.2 Å². The van der Waals surface area contributed by atoms with Gasteiger partial charge in [0.1, 0.15) is 5.82 Å². The minimum Gasteiger partial charge on any atom is -0.378 e. The van der Waals surface area contributed by atoms with E-state index >= 15 is 0 Å². The third kappa shape index (κ3) is 6.46. The molecule has 0 spiro atoms. The molecule has 2 unspecified atom stereocenters. The number of hydrogen-bond donors (Lipinski definition) is 2. The van der Waals surface area contributed by atoms with Gasteiger partial charge in [-0.25, -0.2) is 18.1 Å². The van der Waals surface area contributed by atoms with Crippen LogP contribution in [0.5, 0.6) is 0 Å². The second-order valence-electron chi connectivity index (χ2n) is 11.4. The van der Waals surface area contributed by atoms with Gasteiger partial charge in [-0.05, 0) is 48.3 Å². The number of aromatic nitrogens is 1. The zero-order valence-corrected chi connectivity index (χ0v) is 24.7. The minimum atomic E-state index is -4.08. The van der Waals surface area contributed by atoms with Gasteiger partial charge >= 0.3 is 0 Å². The van der Waals surface area contributed by atoms with E-state index in [2.05, 4.69) is 15.0 Å². The fourth-order valence-electron chi connectivity index (χ4n) is 5.30. The lowest BCUT2D eigenvalue weighted by Crippen LogP contribution is -2.49. The maximum Gasteiger partial charge on any atom is 0.277 e. The van der Waals surface area contributed by atoms with Crippen LogP contribution in [0.25, 0.3) is 0 Å². The molecule has 0 aliphatic heterocycles. The molecule has 2 atom stereocenters. The van der Waals surface area contributed by atoms with E-state index in [1.165, 1.54) is 0 Å². The van der Waals surface area contributed by atoms with Gasteiger partial charge in [-0.3, -0.25) is 10.1 Å². The first-order valence-electron chi connectivity index (χ1n) is 13.5. The molecule has 2 aromatic rings. The van der Waals surface area contributed by atoms with E-state index in [0.717, 1.165) is 24.9 Å². The Kier molecular flexibility index (Phi) is 9.41. The number of nitro groups is 1. The summed E-state index contributed by atoms with van der Waals surface area (Å²) >= 11 is 0. The molecule has 0 saturated heterocycles. The topological polar surface area (TPSA) is 117 Å². The summed E-state index contributed by atoms with van der Waals surface area (Å²) in [6, 6.07) is 5.07. The van der Waals surface area contributed by atoms with E-state index in [9.17, 15) is 18.5 Å². The Morgan fingerprint density at radius 3 is 2.11 bits per heavy atom. The lowest BCUT2D eigenvalue weighted by molar-refractivity contribution is -0.386. The molecule has 10 heteroatoms. The van der Waals surface area contributed by atoms with Crippen molar-refractivity contribution in [3.63, 3.8) is 0 Å². The number of anilines is 2. The first-order chi connectivity index (χ1) is 17.7. The zero-order chi connectivity index (χ0) is 28.4. The van der Waals surface area contributed by atoms with Crippen LogP contribution in [0.3, 0.4) is 0 Å². The van der Waals surface area contributed by atoms with E-state index in [0.29, 0.717) is 23.4 Å². The number of benzene rings is 1. The lowest BCUT2D eigenvalue weighted by Gasteiger charge is -2.34. The molecule has 1 aliphatic carbocycles. The number of rotatable bonds is 10. The van der Waals surface area contributed by atoms with Gasteiger partial charge in [0.05, 0.1) is 15.4 Å². The predicted molar refractivity (Wildman–Crippen MR) is 154 cm³/mol. The Bertz CT molecular complexity index is 1260. The van der Waals surface area contributed by atoms with Crippen LogP contribution >= 0.6 is 0 Å². The number of sulfonamides is 1. The van der Waals surface area contributed by atoms with Crippen molar-refractivity contribution in [1.29, 1.82) is 0 Å². The number of nitrogens with one attached hydrogen (secondary N) is 2. The minimum absolute atomic E-state index is 0.0654. The maximum atomic E-state index is 14.2. The van der Waals surface area contributed by atoms with Gasteiger partial charge in [0, 0.05) is 49.7 Å². The van der Waals surface area contributed by atoms with Crippen LogP contribution in [0, 0.1) is 10.1 Å². The summed E-state index contributed by atoms with van der Waals surface area (Å²) in [7, 11) is -0.165. The van der Waals surface area contributed by atoms with E-state index < -0.39 is 14.9 Å². The van der Waals surface area contributed by atoms with Crippen LogP contribution in [-0.4, -0.2) is 44.5 Å². The standard InChI is InChI=1S/C28H43N5O4S/c1-17(2)21-16-22(18(3)4)28(26(19(5)6)27(21)33(34)35)38(36,37)31-24-12-10-9-11-23(24)30-25-15-20(32(7)8)13-14-29-25/h13-19,23-24,31H,9-12H2,1-8H3,(H,29,30). The van der Waals surface area contributed by atoms with E-state index in [4.69, 9.17) is 0 Å². The fourth-order valence-corrected chi connectivity index (χ4v) is 7.32. The summed E-state index contributed by atoms with van der Waals surface area (Å²) in [5.74, 6) is 0.0921. The Balaban J connectivity index is 2.09. The van der Waals surface area contributed by atoms with Gasteiger partial charge < -0.3 is 10.2 Å². The number of nitrogens with zero attached hydrogens (tertiary/aromatic N) is 3. The molecule has 210 valence electrons. The van der Waals surface area contributed by atoms with Gasteiger partial charge in [0.15, 0.2) is 0 Å². The molecule has 1 heterocycles. The van der Waals surface area contributed by atoms with E-state index in [1.54, 1.807) is 12.3 Å². The molecular formula is C28H43N5O4S. The molecule has 9 nitrogen and oxygen atoms in total. The van der Waals surface area contributed by atoms with Gasteiger partial charge in [-0.1, -0.05) is 54.4 Å². The number of pyridine rings is 1. The maximum absolute atomic E-state index is 14.2. The molecule has 1 aromatic heterocycles. The second kappa shape index (κ2) is 12.0. The van der Waals surface area contributed by atoms with Crippen LogP contribution in [0.4, 0.5) is 17.2 Å². The predicted octanol–water partition coefficient (Wildman–Crippen LogP) is 6.13. The highest BCUT2D eigenvalue weighted by atomic mass is 32.2. The third-order valence-corrected chi connectivity index (χ3v) is 8.89. The molecule has 2 N–H and O–H groups in total. The largest absolute Gasteiger partial charge is 0.378 e. The quantitative estimate of drug-likeness (QED) is 0.272. The highest BCUT2D eigenvalue weighted by Gasteiger charge is 2.38. The Hall–Kier alpha value is -2.72. The van der Waals surface area contributed by atoms with Gasteiger partial charge in [-0.15, -0.1) is 0 Å². The molecule has 1 fully saturated rings. The molecule has 38 heavy (non-hydrogen) atoms. The van der Waals surface area contributed by atoms with E-state index in [-0.39, 0.29) is 46.0 Å². The van der Waals surface area contributed by atoms with Crippen LogP contribution in [-0.2, 0) is 10.0 Å². The number of hydrogen-bond acceptors (Lipinski definition) is 7. The number of nitro benzene ring substituents is 1. The van der Waals surface area contributed by atoms with Crippen LogP contribution in [0.2, 0.25) is 0 Å². The van der Waals surface area contributed by atoms with Crippen molar-refractivity contribution in [3.8, 4) is 0 Å². The summed E-state index contributed by atoms with van der Waals surface area (Å²) in [4.78, 5) is 18.4. The fraction of sp³-hybridized carbons (Fsp3) is 0.607. The second-order valence-corrected chi connectivity index (χ2v) is 13.1.